The fourth-order valence-electron chi connectivity index (χ4n) is 2.09. The molecular weight excluding hydrogens is 220 g/mol. The molecule has 0 saturated heterocycles. The Bertz CT molecular complexity index is 344. The van der Waals surface area contributed by atoms with Crippen molar-refractivity contribution in [3.8, 4) is 0 Å². The highest BCUT2D eigenvalue weighted by atomic mass is 28.3. The van der Waals surface area contributed by atoms with Crippen LogP contribution in [0.15, 0.2) is 41.6 Å². The van der Waals surface area contributed by atoms with Crippen LogP contribution in [-0.4, -0.2) is 8.07 Å². The standard InChI is InChI=1S/C16H26Si/c1-5-6-10-16(14-17(2,3)4)13-15-11-8-7-9-12-15/h7-9,11-12,14H,5-6,10,13H2,1-4H3/b16-14+. The molecule has 0 saturated carbocycles. The molecule has 0 aliphatic carbocycles. The fourth-order valence-corrected chi connectivity index (χ4v) is 3.56. The minimum Gasteiger partial charge on any atom is -0.0955 e. The van der Waals surface area contributed by atoms with Crippen molar-refractivity contribution >= 4 is 8.07 Å². The molecule has 0 unspecified atom stereocenters. The molecule has 94 valence electrons. The predicted molar refractivity (Wildman–Crippen MR) is 81.1 cm³/mol. The highest BCUT2D eigenvalue weighted by Crippen LogP contribution is 2.18. The minimum absolute atomic E-state index is 1.09. The summed E-state index contributed by atoms with van der Waals surface area (Å²) in [7, 11) is -1.09. The van der Waals surface area contributed by atoms with Gasteiger partial charge in [0.05, 0.1) is 8.07 Å². The molecule has 0 fully saturated rings. The lowest BCUT2D eigenvalue weighted by Crippen LogP contribution is -2.17. The third kappa shape index (κ3) is 6.47. The van der Waals surface area contributed by atoms with Crippen molar-refractivity contribution in [2.45, 2.75) is 52.2 Å². The molecule has 0 aliphatic rings. The Morgan fingerprint density at radius 1 is 1.12 bits per heavy atom. The average Bonchev–Trinajstić information content (AvgIpc) is 2.25. The van der Waals surface area contributed by atoms with Crippen molar-refractivity contribution in [2.75, 3.05) is 0 Å². The first-order valence-corrected chi connectivity index (χ1v) is 10.3. The molecule has 1 aromatic carbocycles. The molecule has 1 heteroatoms. The lowest BCUT2D eigenvalue weighted by molar-refractivity contribution is 0.772. The van der Waals surface area contributed by atoms with E-state index in [1.165, 1.54) is 24.8 Å². The maximum absolute atomic E-state index is 2.59. The van der Waals surface area contributed by atoms with E-state index in [9.17, 15) is 0 Å². The molecule has 1 aromatic rings. The Balaban J connectivity index is 2.74. The molecule has 0 N–H and O–H groups in total. The molecule has 0 bridgehead atoms. The molecule has 0 nitrogen and oxygen atoms in total. The summed E-state index contributed by atoms with van der Waals surface area (Å²) in [5, 5.41) is 0. The van der Waals surface area contributed by atoms with Crippen LogP contribution in [0.4, 0.5) is 0 Å². The maximum Gasteiger partial charge on any atom is 0.0686 e. The van der Waals surface area contributed by atoms with Crippen molar-refractivity contribution in [1.82, 2.24) is 0 Å². The van der Waals surface area contributed by atoms with Gasteiger partial charge in [-0.25, -0.2) is 0 Å². The van der Waals surface area contributed by atoms with E-state index in [0.29, 0.717) is 0 Å². The molecule has 0 heterocycles. The lowest BCUT2D eigenvalue weighted by Gasteiger charge is -2.15. The van der Waals surface area contributed by atoms with Gasteiger partial charge >= 0.3 is 0 Å². The van der Waals surface area contributed by atoms with Crippen LogP contribution in [-0.2, 0) is 6.42 Å². The Morgan fingerprint density at radius 2 is 1.76 bits per heavy atom. The summed E-state index contributed by atoms with van der Waals surface area (Å²) >= 11 is 0. The number of allylic oxidation sites excluding steroid dienone is 1. The zero-order valence-electron chi connectivity index (χ0n) is 11.8. The van der Waals surface area contributed by atoms with Crippen LogP contribution < -0.4 is 0 Å². The number of hydrogen-bond acceptors (Lipinski definition) is 0. The van der Waals surface area contributed by atoms with Gasteiger partial charge in [0.2, 0.25) is 0 Å². The van der Waals surface area contributed by atoms with Crippen LogP contribution >= 0.6 is 0 Å². The van der Waals surface area contributed by atoms with Crippen molar-refractivity contribution in [3.63, 3.8) is 0 Å². The van der Waals surface area contributed by atoms with Crippen LogP contribution in [0.1, 0.15) is 31.7 Å². The molecule has 1 rings (SSSR count). The molecule has 0 aromatic heterocycles. The summed E-state index contributed by atoms with van der Waals surface area (Å²) in [5.74, 6) is 0. The van der Waals surface area contributed by atoms with E-state index >= 15 is 0 Å². The minimum atomic E-state index is -1.09. The highest BCUT2D eigenvalue weighted by Gasteiger charge is 2.11. The van der Waals surface area contributed by atoms with Gasteiger partial charge in [0.1, 0.15) is 0 Å². The monoisotopic (exact) mass is 246 g/mol. The second-order valence-electron chi connectivity index (χ2n) is 5.93. The molecule has 0 amide bonds. The van der Waals surface area contributed by atoms with Crippen LogP contribution in [0.5, 0.6) is 0 Å². The van der Waals surface area contributed by atoms with E-state index in [1.54, 1.807) is 5.57 Å². The van der Waals surface area contributed by atoms with Gasteiger partial charge in [-0.2, -0.15) is 0 Å². The quantitative estimate of drug-likeness (QED) is 0.603. The van der Waals surface area contributed by atoms with E-state index in [2.05, 4.69) is 62.6 Å². The third-order valence-electron chi connectivity index (χ3n) is 2.76. The smallest absolute Gasteiger partial charge is 0.0686 e. The SMILES string of the molecule is CCCC/C(=C\[Si](C)(C)C)Cc1ccccc1. The molecular formula is C16H26Si. The zero-order chi connectivity index (χ0) is 12.7. The van der Waals surface area contributed by atoms with E-state index in [4.69, 9.17) is 0 Å². The van der Waals surface area contributed by atoms with Crippen molar-refractivity contribution in [2.24, 2.45) is 0 Å². The summed E-state index contributed by atoms with van der Waals surface area (Å²) in [6.07, 6.45) is 5.03. The second kappa shape index (κ2) is 6.80. The summed E-state index contributed by atoms with van der Waals surface area (Å²) in [5.41, 5.74) is 5.70. The van der Waals surface area contributed by atoms with Crippen LogP contribution in [0.2, 0.25) is 19.6 Å². The number of rotatable bonds is 6. The molecule has 0 spiro atoms. The van der Waals surface area contributed by atoms with E-state index in [1.807, 2.05) is 0 Å². The highest BCUT2D eigenvalue weighted by molar-refractivity contribution is 6.81. The van der Waals surface area contributed by atoms with E-state index in [0.717, 1.165) is 6.42 Å². The first-order valence-electron chi connectivity index (χ1n) is 6.76. The maximum atomic E-state index is 2.59. The van der Waals surface area contributed by atoms with Gasteiger partial charge in [0, 0.05) is 0 Å². The van der Waals surface area contributed by atoms with Crippen LogP contribution in [0.3, 0.4) is 0 Å². The van der Waals surface area contributed by atoms with Crippen LogP contribution in [0, 0.1) is 0 Å². The van der Waals surface area contributed by atoms with Gasteiger partial charge in [-0.3, -0.25) is 0 Å². The Hall–Kier alpha value is -0.823. The van der Waals surface area contributed by atoms with Gasteiger partial charge in [-0.15, -0.1) is 0 Å². The average molecular weight is 246 g/mol. The van der Waals surface area contributed by atoms with Crippen molar-refractivity contribution in [3.05, 3.63) is 47.2 Å². The number of unbranched alkanes of at least 4 members (excludes halogenated alkanes) is 1. The fraction of sp³-hybridized carbons (Fsp3) is 0.500. The van der Waals surface area contributed by atoms with E-state index in [-0.39, 0.29) is 0 Å². The van der Waals surface area contributed by atoms with Crippen LogP contribution in [0.25, 0.3) is 0 Å². The topological polar surface area (TPSA) is 0 Å². The summed E-state index contributed by atoms with van der Waals surface area (Å²) in [6.45, 7) is 9.53. The van der Waals surface area contributed by atoms with E-state index < -0.39 is 8.07 Å². The molecule has 0 radical (unpaired) electrons. The summed E-state index contributed by atoms with van der Waals surface area (Å²) < 4.78 is 0. The Morgan fingerprint density at radius 3 is 2.29 bits per heavy atom. The predicted octanol–water partition coefficient (Wildman–Crippen LogP) is 5.22. The number of benzene rings is 1. The normalized spacial score (nSPS) is 12.8. The first kappa shape index (κ1) is 14.2. The van der Waals surface area contributed by atoms with Gasteiger partial charge < -0.3 is 0 Å². The van der Waals surface area contributed by atoms with Gasteiger partial charge in [-0.1, -0.05) is 74.6 Å². The first-order chi connectivity index (χ1) is 8.01. The third-order valence-corrected chi connectivity index (χ3v) is 4.04. The van der Waals surface area contributed by atoms with Gasteiger partial charge in [0.25, 0.3) is 0 Å². The van der Waals surface area contributed by atoms with Crippen molar-refractivity contribution in [1.29, 1.82) is 0 Å². The Labute approximate surface area is 108 Å². The second-order valence-corrected chi connectivity index (χ2v) is 11.0. The largest absolute Gasteiger partial charge is 0.0955 e. The van der Waals surface area contributed by atoms with Gasteiger partial charge in [0.15, 0.2) is 0 Å². The summed E-state index contributed by atoms with van der Waals surface area (Å²) in [4.78, 5) is 0. The molecule has 0 aliphatic heterocycles. The lowest BCUT2D eigenvalue weighted by atomic mass is 10.0. The zero-order valence-corrected chi connectivity index (χ0v) is 12.8. The number of hydrogen-bond donors (Lipinski definition) is 0. The molecule has 0 atom stereocenters. The Kier molecular flexibility index (Phi) is 5.70. The van der Waals surface area contributed by atoms with Gasteiger partial charge in [-0.05, 0) is 24.8 Å². The van der Waals surface area contributed by atoms with Crippen molar-refractivity contribution < 1.29 is 0 Å². The summed E-state index contributed by atoms with van der Waals surface area (Å²) in [6, 6.07) is 10.9. The molecule has 17 heavy (non-hydrogen) atoms.